The van der Waals surface area contributed by atoms with E-state index in [9.17, 15) is 0 Å². The van der Waals surface area contributed by atoms with E-state index in [1.54, 1.807) is 0 Å². The van der Waals surface area contributed by atoms with E-state index in [-0.39, 0.29) is 0 Å². The summed E-state index contributed by atoms with van der Waals surface area (Å²) in [5, 5.41) is 0.748. The van der Waals surface area contributed by atoms with Crippen molar-refractivity contribution in [2.45, 2.75) is 43.4 Å². The molecule has 3 aliphatic rings. The van der Waals surface area contributed by atoms with Gasteiger partial charge >= 0.3 is 0 Å². The van der Waals surface area contributed by atoms with Gasteiger partial charge in [0, 0.05) is 28.6 Å². The van der Waals surface area contributed by atoms with E-state index in [0.717, 1.165) is 23.0 Å². The van der Waals surface area contributed by atoms with Crippen molar-refractivity contribution in [3.05, 3.63) is 0 Å². The lowest BCUT2D eigenvalue weighted by molar-refractivity contribution is 0.294. The quantitative estimate of drug-likeness (QED) is 0.842. The van der Waals surface area contributed by atoms with E-state index in [1.165, 1.54) is 49.4 Å². The fourth-order valence-corrected chi connectivity index (χ4v) is 6.76. The van der Waals surface area contributed by atoms with Gasteiger partial charge in [0.25, 0.3) is 0 Å². The van der Waals surface area contributed by atoms with Crippen LogP contribution in [-0.4, -0.2) is 28.6 Å². The standard InChI is InChI=1S/C13H23NS2/c14-12(13-8-15-3-4-16-13)7-11-6-9-1-2-10(11)5-9/h9-13H,1-8,14H2. The topological polar surface area (TPSA) is 26.0 Å². The minimum absolute atomic E-state index is 0.474. The molecule has 5 unspecified atom stereocenters. The Morgan fingerprint density at radius 3 is 2.75 bits per heavy atom. The van der Waals surface area contributed by atoms with E-state index in [1.807, 2.05) is 0 Å². The maximum atomic E-state index is 6.43. The third kappa shape index (κ3) is 2.41. The molecule has 2 bridgehead atoms. The van der Waals surface area contributed by atoms with Crippen LogP contribution in [0.4, 0.5) is 0 Å². The van der Waals surface area contributed by atoms with Crippen molar-refractivity contribution in [3.63, 3.8) is 0 Å². The molecule has 2 N–H and O–H groups in total. The van der Waals surface area contributed by atoms with Gasteiger partial charge in [-0.1, -0.05) is 6.42 Å². The van der Waals surface area contributed by atoms with Gasteiger partial charge in [0.2, 0.25) is 0 Å². The van der Waals surface area contributed by atoms with Crippen molar-refractivity contribution in [1.29, 1.82) is 0 Å². The first-order valence-electron chi connectivity index (χ1n) is 6.78. The van der Waals surface area contributed by atoms with Crippen LogP contribution in [-0.2, 0) is 0 Å². The lowest BCUT2D eigenvalue weighted by atomic mass is 9.84. The lowest BCUT2D eigenvalue weighted by Gasteiger charge is -2.31. The minimum Gasteiger partial charge on any atom is -0.327 e. The Hall–Kier alpha value is 0.660. The monoisotopic (exact) mass is 257 g/mol. The van der Waals surface area contributed by atoms with Crippen LogP contribution in [0.1, 0.15) is 32.1 Å². The van der Waals surface area contributed by atoms with Crippen molar-refractivity contribution in [2.75, 3.05) is 17.3 Å². The summed E-state index contributed by atoms with van der Waals surface area (Å²) in [5.41, 5.74) is 6.43. The summed E-state index contributed by atoms with van der Waals surface area (Å²) in [6.07, 6.45) is 7.38. The van der Waals surface area contributed by atoms with E-state index in [4.69, 9.17) is 5.73 Å². The molecule has 3 heteroatoms. The summed E-state index contributed by atoms with van der Waals surface area (Å²) in [4.78, 5) is 0. The van der Waals surface area contributed by atoms with Crippen LogP contribution in [0.2, 0.25) is 0 Å². The predicted molar refractivity (Wildman–Crippen MR) is 75.1 cm³/mol. The third-order valence-electron chi connectivity index (χ3n) is 4.78. The number of fused-ring (bicyclic) bond motifs is 2. The zero-order chi connectivity index (χ0) is 11.0. The highest BCUT2D eigenvalue weighted by atomic mass is 32.2. The Morgan fingerprint density at radius 2 is 2.12 bits per heavy atom. The highest BCUT2D eigenvalue weighted by Gasteiger charge is 2.40. The Morgan fingerprint density at radius 1 is 1.19 bits per heavy atom. The Labute approximate surface area is 108 Å². The lowest BCUT2D eigenvalue weighted by Crippen LogP contribution is -2.38. The highest BCUT2D eigenvalue weighted by Crippen LogP contribution is 2.50. The first-order valence-corrected chi connectivity index (χ1v) is 8.98. The fraction of sp³-hybridized carbons (Fsp3) is 1.00. The van der Waals surface area contributed by atoms with Crippen molar-refractivity contribution >= 4 is 23.5 Å². The summed E-state index contributed by atoms with van der Waals surface area (Å²) in [5.74, 6) is 7.07. The number of hydrogen-bond acceptors (Lipinski definition) is 3. The van der Waals surface area contributed by atoms with Crippen LogP contribution in [0.5, 0.6) is 0 Å². The van der Waals surface area contributed by atoms with Crippen LogP contribution >= 0.6 is 23.5 Å². The molecule has 92 valence electrons. The van der Waals surface area contributed by atoms with Crippen molar-refractivity contribution in [2.24, 2.45) is 23.5 Å². The molecular weight excluding hydrogens is 234 g/mol. The zero-order valence-electron chi connectivity index (χ0n) is 9.94. The number of thioether (sulfide) groups is 2. The normalized spacial score (nSPS) is 44.8. The minimum atomic E-state index is 0.474. The molecule has 0 amide bonds. The van der Waals surface area contributed by atoms with Gasteiger partial charge in [-0.2, -0.15) is 23.5 Å². The van der Waals surface area contributed by atoms with Crippen molar-refractivity contribution in [1.82, 2.24) is 0 Å². The maximum Gasteiger partial charge on any atom is 0.0289 e. The van der Waals surface area contributed by atoms with Crippen LogP contribution in [0.25, 0.3) is 0 Å². The number of nitrogens with two attached hydrogens (primary N) is 1. The second-order valence-electron chi connectivity index (χ2n) is 5.82. The van der Waals surface area contributed by atoms with Crippen molar-refractivity contribution in [3.8, 4) is 0 Å². The average Bonchev–Trinajstić information content (AvgIpc) is 2.92. The SMILES string of the molecule is NC(CC1CC2CCC1C2)C1CSCCS1. The van der Waals surface area contributed by atoms with Crippen LogP contribution in [0.15, 0.2) is 0 Å². The molecular formula is C13H23NS2. The van der Waals surface area contributed by atoms with Crippen LogP contribution < -0.4 is 5.73 Å². The van der Waals surface area contributed by atoms with E-state index < -0.39 is 0 Å². The van der Waals surface area contributed by atoms with E-state index >= 15 is 0 Å². The number of hydrogen-bond donors (Lipinski definition) is 1. The highest BCUT2D eigenvalue weighted by molar-refractivity contribution is 8.06. The van der Waals surface area contributed by atoms with E-state index in [0.29, 0.717) is 6.04 Å². The molecule has 0 aromatic rings. The molecule has 0 aromatic heterocycles. The Kier molecular flexibility index (Phi) is 3.75. The second-order valence-corrected chi connectivity index (χ2v) is 8.32. The molecule has 3 fully saturated rings. The van der Waals surface area contributed by atoms with Crippen molar-refractivity contribution < 1.29 is 0 Å². The molecule has 16 heavy (non-hydrogen) atoms. The average molecular weight is 257 g/mol. The largest absolute Gasteiger partial charge is 0.327 e. The summed E-state index contributed by atoms with van der Waals surface area (Å²) in [6, 6.07) is 0.474. The van der Waals surface area contributed by atoms with Gasteiger partial charge in [-0.05, 0) is 43.4 Å². The van der Waals surface area contributed by atoms with Gasteiger partial charge in [0.1, 0.15) is 0 Å². The maximum absolute atomic E-state index is 6.43. The first-order chi connectivity index (χ1) is 7.83. The Bertz CT molecular complexity index is 240. The van der Waals surface area contributed by atoms with Crippen LogP contribution in [0, 0.1) is 17.8 Å². The molecule has 0 aromatic carbocycles. The Balaban J connectivity index is 1.50. The molecule has 1 heterocycles. The molecule has 2 saturated carbocycles. The summed E-state index contributed by atoms with van der Waals surface area (Å²) < 4.78 is 0. The molecule has 2 aliphatic carbocycles. The number of rotatable bonds is 3. The van der Waals surface area contributed by atoms with Crippen LogP contribution in [0.3, 0.4) is 0 Å². The zero-order valence-corrected chi connectivity index (χ0v) is 11.6. The summed E-state index contributed by atoms with van der Waals surface area (Å²) in [6.45, 7) is 0. The molecule has 3 rings (SSSR count). The molecule has 5 atom stereocenters. The molecule has 0 radical (unpaired) electrons. The van der Waals surface area contributed by atoms with E-state index in [2.05, 4.69) is 23.5 Å². The van der Waals surface area contributed by atoms with Gasteiger partial charge in [0.05, 0.1) is 0 Å². The summed E-state index contributed by atoms with van der Waals surface area (Å²) >= 11 is 4.23. The molecule has 1 aliphatic heterocycles. The third-order valence-corrected chi connectivity index (χ3v) is 7.72. The molecule has 1 saturated heterocycles. The van der Waals surface area contributed by atoms with Gasteiger partial charge in [-0.3, -0.25) is 0 Å². The van der Waals surface area contributed by atoms with Gasteiger partial charge in [0.15, 0.2) is 0 Å². The fourth-order valence-electron chi connectivity index (χ4n) is 3.92. The molecule has 1 nitrogen and oxygen atoms in total. The van der Waals surface area contributed by atoms with Gasteiger partial charge < -0.3 is 5.73 Å². The summed E-state index contributed by atoms with van der Waals surface area (Å²) in [7, 11) is 0. The smallest absolute Gasteiger partial charge is 0.0289 e. The van der Waals surface area contributed by atoms with Gasteiger partial charge in [-0.25, -0.2) is 0 Å². The predicted octanol–water partition coefficient (Wildman–Crippen LogP) is 2.99. The first kappa shape index (κ1) is 11.7. The second kappa shape index (κ2) is 5.11. The van der Waals surface area contributed by atoms with Gasteiger partial charge in [-0.15, -0.1) is 0 Å². The molecule has 0 spiro atoms.